The fraction of sp³-hybridized carbons (Fsp3) is 0.406. The zero-order valence-corrected chi connectivity index (χ0v) is 25.3. The van der Waals surface area contributed by atoms with Gasteiger partial charge in [-0.3, -0.25) is 9.63 Å². The molecule has 14 heteroatoms. The van der Waals surface area contributed by atoms with Crippen LogP contribution in [-0.4, -0.2) is 66.7 Å². The number of anilines is 5. The first-order chi connectivity index (χ1) is 22.1. The fourth-order valence-electron chi connectivity index (χ4n) is 6.20. The molecule has 3 saturated heterocycles. The van der Waals surface area contributed by atoms with E-state index < -0.39 is 23.6 Å². The number of hydrogen-bond donors (Lipinski definition) is 2. The minimum absolute atomic E-state index is 0.117. The van der Waals surface area contributed by atoms with E-state index in [0.29, 0.717) is 41.5 Å². The van der Waals surface area contributed by atoms with E-state index in [0.717, 1.165) is 56.8 Å². The van der Waals surface area contributed by atoms with Gasteiger partial charge in [0.05, 0.1) is 42.4 Å². The number of rotatable bonds is 9. The van der Waals surface area contributed by atoms with Gasteiger partial charge < -0.3 is 25.2 Å². The number of ether oxygens (including phenoxy) is 1. The zero-order valence-electron chi connectivity index (χ0n) is 25.3. The minimum Gasteiger partial charge on any atom is -0.494 e. The second-order valence-corrected chi connectivity index (χ2v) is 11.5. The summed E-state index contributed by atoms with van der Waals surface area (Å²) in [6, 6.07) is 7.52. The van der Waals surface area contributed by atoms with Crippen molar-refractivity contribution in [2.75, 3.05) is 60.5 Å². The molecule has 3 aromatic rings. The highest BCUT2D eigenvalue weighted by Gasteiger charge is 2.35. The van der Waals surface area contributed by atoms with Gasteiger partial charge in [-0.05, 0) is 68.3 Å². The minimum atomic E-state index is -4.70. The Morgan fingerprint density at radius 3 is 2.50 bits per heavy atom. The highest BCUT2D eigenvalue weighted by molar-refractivity contribution is 6.02. The first-order valence-corrected chi connectivity index (χ1v) is 15.2. The Labute approximate surface area is 264 Å². The van der Waals surface area contributed by atoms with Crippen LogP contribution >= 0.6 is 0 Å². The molecule has 2 N–H and O–H groups in total. The molecule has 4 heterocycles. The van der Waals surface area contributed by atoms with E-state index in [1.54, 1.807) is 19.2 Å². The molecule has 6 rings (SSSR count). The predicted octanol–water partition coefficient (Wildman–Crippen LogP) is 6.07. The van der Waals surface area contributed by atoms with Gasteiger partial charge in [0, 0.05) is 37.7 Å². The lowest BCUT2D eigenvalue weighted by molar-refractivity contribution is -0.137. The molecule has 1 atom stereocenters. The second-order valence-electron chi connectivity index (χ2n) is 11.5. The van der Waals surface area contributed by atoms with Crippen LogP contribution in [0.1, 0.15) is 42.9 Å². The largest absolute Gasteiger partial charge is 0.494 e. The number of amides is 1. The number of aromatic nitrogens is 2. The lowest BCUT2D eigenvalue weighted by atomic mass is 9.99. The molecular weight excluding hydrogens is 606 g/mol. The molecule has 46 heavy (non-hydrogen) atoms. The number of alkyl halides is 3. The van der Waals surface area contributed by atoms with Crippen molar-refractivity contribution < 1.29 is 31.9 Å². The standard InChI is InChI=1S/C32H35F4N7O3/c1-3-31(44)40-24-16-25(28(45-2)17-27(24)42-10-5-23(6-11-42)41-8-4-9-41)39-29-18-30(38-19-37-29)43-26(7-12-46-43)20-13-21(32(34,35)36)15-22(33)14-20/h3,13-19,23,26H,1,4-12H2,2H3,(H,40,44)(H,37,38,39). The molecule has 0 radical (unpaired) electrons. The molecule has 1 aromatic heterocycles. The third-order valence-corrected chi connectivity index (χ3v) is 8.65. The van der Waals surface area contributed by atoms with Crippen LogP contribution in [0.15, 0.2) is 55.4 Å². The van der Waals surface area contributed by atoms with Gasteiger partial charge >= 0.3 is 6.18 Å². The number of hydrogen-bond acceptors (Lipinski definition) is 9. The van der Waals surface area contributed by atoms with Crippen LogP contribution in [0.3, 0.4) is 0 Å². The number of hydroxylamine groups is 1. The summed E-state index contributed by atoms with van der Waals surface area (Å²) >= 11 is 0. The van der Waals surface area contributed by atoms with Crippen molar-refractivity contribution >= 4 is 34.6 Å². The van der Waals surface area contributed by atoms with Crippen LogP contribution in [0.2, 0.25) is 0 Å². The Bertz CT molecular complexity index is 1590. The summed E-state index contributed by atoms with van der Waals surface area (Å²) in [4.78, 5) is 31.5. The molecule has 3 aliphatic heterocycles. The number of benzene rings is 2. The third-order valence-electron chi connectivity index (χ3n) is 8.65. The van der Waals surface area contributed by atoms with Crippen molar-refractivity contribution in [3.05, 3.63) is 72.3 Å². The number of methoxy groups -OCH3 is 1. The summed E-state index contributed by atoms with van der Waals surface area (Å²) in [6.07, 6.45) is 1.41. The molecule has 10 nitrogen and oxygen atoms in total. The Balaban J connectivity index is 1.26. The molecule has 3 aliphatic rings. The topological polar surface area (TPSA) is 95.1 Å². The summed E-state index contributed by atoms with van der Waals surface area (Å²) in [5.74, 6) is -0.251. The number of halogens is 4. The Morgan fingerprint density at radius 2 is 1.83 bits per heavy atom. The second kappa shape index (κ2) is 13.1. The van der Waals surface area contributed by atoms with Crippen molar-refractivity contribution in [2.24, 2.45) is 0 Å². The van der Waals surface area contributed by atoms with E-state index in [-0.39, 0.29) is 23.9 Å². The lowest BCUT2D eigenvalue weighted by Gasteiger charge is -2.43. The maximum atomic E-state index is 14.2. The van der Waals surface area contributed by atoms with E-state index in [1.165, 1.54) is 23.9 Å². The Hall–Kier alpha value is -4.43. The fourth-order valence-corrected chi connectivity index (χ4v) is 6.20. The first kappa shape index (κ1) is 31.5. The number of carbonyl (C=O) groups is 1. The van der Waals surface area contributed by atoms with Crippen LogP contribution in [0.4, 0.5) is 46.3 Å². The van der Waals surface area contributed by atoms with Crippen LogP contribution in [-0.2, 0) is 15.8 Å². The summed E-state index contributed by atoms with van der Waals surface area (Å²) in [7, 11) is 1.55. The van der Waals surface area contributed by atoms with Crippen molar-refractivity contribution in [1.29, 1.82) is 0 Å². The van der Waals surface area contributed by atoms with Crippen LogP contribution in [0.5, 0.6) is 5.75 Å². The molecule has 2 aromatic carbocycles. The first-order valence-electron chi connectivity index (χ1n) is 15.2. The Kier molecular flexibility index (Phi) is 9.00. The number of likely N-dealkylation sites (tertiary alicyclic amines) is 1. The van der Waals surface area contributed by atoms with Gasteiger partial charge in [-0.15, -0.1) is 0 Å². The molecule has 0 aliphatic carbocycles. The number of carbonyl (C=O) groups excluding carboxylic acids is 1. The number of piperidine rings is 1. The van der Waals surface area contributed by atoms with Crippen molar-refractivity contribution in [3.63, 3.8) is 0 Å². The highest BCUT2D eigenvalue weighted by atomic mass is 19.4. The molecule has 0 spiro atoms. The van der Waals surface area contributed by atoms with Gasteiger partial charge in [0.25, 0.3) is 0 Å². The molecule has 244 valence electrons. The quantitative estimate of drug-likeness (QED) is 0.213. The normalized spacial score (nSPS) is 19.1. The summed E-state index contributed by atoms with van der Waals surface area (Å²) in [5.41, 5.74) is 0.940. The van der Waals surface area contributed by atoms with Crippen molar-refractivity contribution in [3.8, 4) is 5.75 Å². The number of nitrogens with one attached hydrogen (secondary N) is 2. The van der Waals surface area contributed by atoms with Crippen molar-refractivity contribution in [2.45, 2.75) is 43.9 Å². The Morgan fingerprint density at radius 1 is 1.04 bits per heavy atom. The van der Waals surface area contributed by atoms with Gasteiger partial charge in [0.15, 0.2) is 5.82 Å². The van der Waals surface area contributed by atoms with E-state index in [9.17, 15) is 22.4 Å². The number of nitrogens with zero attached hydrogens (tertiary/aromatic N) is 5. The van der Waals surface area contributed by atoms with E-state index in [1.807, 2.05) is 6.07 Å². The van der Waals surface area contributed by atoms with Gasteiger partial charge in [0.1, 0.15) is 23.7 Å². The van der Waals surface area contributed by atoms with Crippen molar-refractivity contribution in [1.82, 2.24) is 14.9 Å². The van der Waals surface area contributed by atoms with Gasteiger partial charge in [0.2, 0.25) is 5.91 Å². The van der Waals surface area contributed by atoms with E-state index >= 15 is 0 Å². The molecular formula is C32H35F4N7O3. The SMILES string of the molecule is C=CC(=O)Nc1cc(Nc2cc(N3OCCC3c3cc(F)cc(C(F)(F)F)c3)ncn2)c(OC)cc1N1CCC(N2CCC2)CC1. The maximum absolute atomic E-state index is 14.2. The van der Waals surface area contributed by atoms with Gasteiger partial charge in [-0.2, -0.15) is 13.2 Å². The smallest absolute Gasteiger partial charge is 0.416 e. The summed E-state index contributed by atoms with van der Waals surface area (Å²) < 4.78 is 60.2. The third kappa shape index (κ3) is 6.72. The lowest BCUT2D eigenvalue weighted by Crippen LogP contribution is -2.50. The molecule has 0 bridgehead atoms. The molecule has 1 amide bonds. The molecule has 0 saturated carbocycles. The monoisotopic (exact) mass is 641 g/mol. The average Bonchev–Trinajstić information content (AvgIpc) is 3.51. The summed E-state index contributed by atoms with van der Waals surface area (Å²) in [5, 5.41) is 7.49. The maximum Gasteiger partial charge on any atom is 0.416 e. The molecule has 1 unspecified atom stereocenters. The average molecular weight is 642 g/mol. The van der Waals surface area contributed by atoms with Crippen LogP contribution in [0.25, 0.3) is 0 Å². The van der Waals surface area contributed by atoms with Gasteiger partial charge in [-0.1, -0.05) is 6.58 Å². The van der Waals surface area contributed by atoms with Crippen LogP contribution in [0, 0.1) is 5.82 Å². The zero-order chi connectivity index (χ0) is 32.4. The van der Waals surface area contributed by atoms with Gasteiger partial charge in [-0.25, -0.2) is 19.4 Å². The van der Waals surface area contributed by atoms with E-state index in [4.69, 9.17) is 9.57 Å². The molecule has 3 fully saturated rings. The van der Waals surface area contributed by atoms with E-state index in [2.05, 4.69) is 37.0 Å². The van der Waals surface area contributed by atoms with Crippen LogP contribution < -0.4 is 25.3 Å². The predicted molar refractivity (Wildman–Crippen MR) is 166 cm³/mol. The highest BCUT2D eigenvalue weighted by Crippen LogP contribution is 2.41. The summed E-state index contributed by atoms with van der Waals surface area (Å²) in [6.45, 7) is 7.75.